The van der Waals surface area contributed by atoms with Gasteiger partial charge in [-0.2, -0.15) is 18.3 Å². The first kappa shape index (κ1) is 19.6. The van der Waals surface area contributed by atoms with Gasteiger partial charge in [0.05, 0.1) is 17.5 Å². The average Bonchev–Trinajstić information content (AvgIpc) is 3.02. The third kappa shape index (κ3) is 4.56. The molecule has 0 amide bonds. The summed E-state index contributed by atoms with van der Waals surface area (Å²) < 4.78 is 42.1. The molecule has 0 N–H and O–H groups in total. The van der Waals surface area contributed by atoms with Crippen molar-refractivity contribution in [1.29, 1.82) is 0 Å². The molecule has 0 aliphatic carbocycles. The van der Waals surface area contributed by atoms with Crippen LogP contribution in [0.15, 0.2) is 68.5 Å². The minimum Gasteiger partial charge on any atom is -0.258 e. The second kappa shape index (κ2) is 8.22. The van der Waals surface area contributed by atoms with Crippen molar-refractivity contribution < 1.29 is 13.2 Å². The van der Waals surface area contributed by atoms with Crippen LogP contribution in [0.4, 0.5) is 13.2 Å². The van der Waals surface area contributed by atoms with Crippen LogP contribution in [0.1, 0.15) is 18.1 Å². The molecule has 0 radical (unpaired) electrons. The van der Waals surface area contributed by atoms with Gasteiger partial charge < -0.3 is 0 Å². The van der Waals surface area contributed by atoms with E-state index in [9.17, 15) is 13.2 Å². The molecule has 27 heavy (non-hydrogen) atoms. The zero-order valence-electron chi connectivity index (χ0n) is 14.2. The predicted molar refractivity (Wildman–Crippen MR) is 106 cm³/mol. The van der Waals surface area contributed by atoms with Gasteiger partial charge in [-0.15, -0.1) is 11.3 Å². The number of halogens is 4. The van der Waals surface area contributed by atoms with Crippen LogP contribution in [0.2, 0.25) is 0 Å². The summed E-state index contributed by atoms with van der Waals surface area (Å²) in [5.41, 5.74) is 0.933. The Hall–Kier alpha value is -2.19. The Balaban J connectivity index is 2.11. The molecule has 140 valence electrons. The molecule has 0 atom stereocenters. The van der Waals surface area contributed by atoms with E-state index in [2.05, 4.69) is 26.0 Å². The molecule has 0 spiro atoms. The highest BCUT2D eigenvalue weighted by Gasteiger charge is 2.32. The lowest BCUT2D eigenvalue weighted by molar-refractivity contribution is -0.137. The smallest absolute Gasteiger partial charge is 0.258 e. The highest BCUT2D eigenvalue weighted by molar-refractivity contribution is 9.10. The molecule has 3 nitrogen and oxygen atoms in total. The Morgan fingerprint density at radius 1 is 1.15 bits per heavy atom. The second-order valence-electron chi connectivity index (χ2n) is 5.53. The molecule has 8 heteroatoms. The second-order valence-corrected chi connectivity index (χ2v) is 7.28. The molecule has 0 unspecified atom stereocenters. The first-order valence-electron chi connectivity index (χ1n) is 8.07. The summed E-state index contributed by atoms with van der Waals surface area (Å²) in [7, 11) is 0. The van der Waals surface area contributed by atoms with Crippen molar-refractivity contribution >= 4 is 33.5 Å². The van der Waals surface area contributed by atoms with E-state index < -0.39 is 11.7 Å². The van der Waals surface area contributed by atoms with E-state index in [1.54, 1.807) is 10.7 Å². The number of hydrogen-bond acceptors (Lipinski definition) is 3. The summed E-state index contributed by atoms with van der Waals surface area (Å²) >= 11 is 4.83. The minimum absolute atomic E-state index is 0.00587. The molecule has 0 aliphatic heterocycles. The zero-order chi connectivity index (χ0) is 19.4. The predicted octanol–water partition coefficient (Wildman–Crippen LogP) is 5.80. The average molecular weight is 454 g/mol. The van der Waals surface area contributed by atoms with Crippen molar-refractivity contribution in [3.8, 4) is 11.3 Å². The number of nitrogens with zero attached hydrogens (tertiary/aromatic N) is 3. The molecule has 0 saturated carbocycles. The van der Waals surface area contributed by atoms with Crippen LogP contribution < -0.4 is 4.80 Å². The quantitative estimate of drug-likeness (QED) is 0.446. The Kier molecular flexibility index (Phi) is 5.96. The van der Waals surface area contributed by atoms with Crippen LogP contribution >= 0.6 is 27.3 Å². The number of aromatic nitrogens is 1. The van der Waals surface area contributed by atoms with E-state index >= 15 is 0 Å². The van der Waals surface area contributed by atoms with Gasteiger partial charge in [0.25, 0.3) is 0 Å². The largest absolute Gasteiger partial charge is 0.417 e. The van der Waals surface area contributed by atoms with Crippen LogP contribution in [0.3, 0.4) is 0 Å². The van der Waals surface area contributed by atoms with Crippen molar-refractivity contribution in [2.75, 3.05) is 6.54 Å². The molecule has 3 rings (SSSR count). The van der Waals surface area contributed by atoms with E-state index in [-0.39, 0.29) is 5.56 Å². The van der Waals surface area contributed by atoms with Gasteiger partial charge in [0.1, 0.15) is 0 Å². The standard InChI is InChI=1S/C19H15BrF3N3S/c1-2-24-18-26(17(12-27-18)13-7-5-8-15(20)10-13)25-11-14-6-3-4-9-16(14)19(21,22)23/h3-12H,2H2,1H3/b24-18?,25-11+. The summed E-state index contributed by atoms with van der Waals surface area (Å²) in [5, 5.41) is 6.22. The zero-order valence-corrected chi connectivity index (χ0v) is 16.6. The van der Waals surface area contributed by atoms with Gasteiger partial charge in [-0.05, 0) is 25.1 Å². The summed E-state index contributed by atoms with van der Waals surface area (Å²) in [5.74, 6) is 0. The first-order chi connectivity index (χ1) is 12.9. The molecule has 1 aromatic heterocycles. The van der Waals surface area contributed by atoms with E-state index in [0.29, 0.717) is 11.3 Å². The number of alkyl halides is 3. The van der Waals surface area contributed by atoms with Crippen molar-refractivity contribution in [1.82, 2.24) is 4.68 Å². The number of benzene rings is 2. The highest BCUT2D eigenvalue weighted by Crippen LogP contribution is 2.31. The van der Waals surface area contributed by atoms with Crippen molar-refractivity contribution in [2.24, 2.45) is 10.1 Å². The van der Waals surface area contributed by atoms with E-state index in [4.69, 9.17) is 0 Å². The van der Waals surface area contributed by atoms with E-state index in [1.807, 2.05) is 36.6 Å². The summed E-state index contributed by atoms with van der Waals surface area (Å²) in [6.07, 6.45) is -3.21. The van der Waals surface area contributed by atoms with E-state index in [0.717, 1.165) is 21.8 Å². The molecule has 0 saturated heterocycles. The fraction of sp³-hybridized carbons (Fsp3) is 0.158. The van der Waals surface area contributed by atoms with Crippen molar-refractivity contribution in [2.45, 2.75) is 13.1 Å². The maximum absolute atomic E-state index is 13.2. The lowest BCUT2D eigenvalue weighted by Crippen LogP contribution is -2.13. The molecular formula is C19H15BrF3N3S. The molecule has 0 aliphatic rings. The fourth-order valence-corrected chi connectivity index (χ4v) is 3.79. The van der Waals surface area contributed by atoms with Gasteiger partial charge >= 0.3 is 6.18 Å². The molecule has 2 aromatic carbocycles. The molecule has 0 fully saturated rings. The van der Waals surface area contributed by atoms with Gasteiger partial charge in [0.2, 0.25) is 4.80 Å². The van der Waals surface area contributed by atoms with E-state index in [1.165, 1.54) is 29.7 Å². The summed E-state index contributed by atoms with van der Waals surface area (Å²) in [6.45, 7) is 2.44. The molecule has 3 aromatic rings. The van der Waals surface area contributed by atoms with Crippen molar-refractivity contribution in [3.63, 3.8) is 0 Å². The minimum atomic E-state index is -4.44. The van der Waals surface area contributed by atoms with Crippen LogP contribution in [0, 0.1) is 0 Å². The van der Waals surface area contributed by atoms with Crippen LogP contribution in [0.25, 0.3) is 11.3 Å². The third-order valence-electron chi connectivity index (χ3n) is 3.68. The van der Waals surface area contributed by atoms with Gasteiger partial charge in [-0.1, -0.05) is 46.3 Å². The Bertz CT molecular complexity index is 1030. The Morgan fingerprint density at radius 3 is 2.63 bits per heavy atom. The van der Waals surface area contributed by atoms with Crippen molar-refractivity contribution in [3.05, 3.63) is 74.3 Å². The molecule has 1 heterocycles. The molecule has 0 bridgehead atoms. The lowest BCUT2D eigenvalue weighted by atomic mass is 10.1. The molecular weight excluding hydrogens is 439 g/mol. The Morgan fingerprint density at radius 2 is 1.93 bits per heavy atom. The summed E-state index contributed by atoms with van der Waals surface area (Å²) in [6, 6.07) is 13.0. The third-order valence-corrected chi connectivity index (χ3v) is 5.02. The van der Waals surface area contributed by atoms with Crippen LogP contribution in [0.5, 0.6) is 0 Å². The number of rotatable bonds is 4. The highest BCUT2D eigenvalue weighted by atomic mass is 79.9. The fourth-order valence-electron chi connectivity index (χ4n) is 2.49. The normalized spacial score (nSPS) is 12.9. The van der Waals surface area contributed by atoms with Gasteiger partial charge in [-0.25, -0.2) is 4.68 Å². The maximum Gasteiger partial charge on any atom is 0.417 e. The Labute approximate surface area is 166 Å². The van der Waals surface area contributed by atoms with Gasteiger partial charge in [0, 0.05) is 27.5 Å². The topological polar surface area (TPSA) is 29.6 Å². The van der Waals surface area contributed by atoms with Crippen LogP contribution in [-0.4, -0.2) is 17.4 Å². The number of thiazole rings is 1. The van der Waals surface area contributed by atoms with Gasteiger partial charge in [-0.3, -0.25) is 4.99 Å². The van der Waals surface area contributed by atoms with Crippen LogP contribution in [-0.2, 0) is 6.18 Å². The van der Waals surface area contributed by atoms with Gasteiger partial charge in [0.15, 0.2) is 0 Å². The number of hydrogen-bond donors (Lipinski definition) is 0. The lowest BCUT2D eigenvalue weighted by Gasteiger charge is -2.09. The first-order valence-corrected chi connectivity index (χ1v) is 9.75. The maximum atomic E-state index is 13.2. The SMILES string of the molecule is CCN=c1scc(-c2cccc(Br)c2)n1/N=C/c1ccccc1C(F)(F)F. The summed E-state index contributed by atoms with van der Waals surface area (Å²) in [4.78, 5) is 5.01. The monoisotopic (exact) mass is 453 g/mol.